The average molecular weight is 196 g/mol. The van der Waals surface area contributed by atoms with Crippen molar-refractivity contribution in [2.45, 2.75) is 6.04 Å². The van der Waals surface area contributed by atoms with Crippen molar-refractivity contribution in [2.24, 2.45) is 5.73 Å². The van der Waals surface area contributed by atoms with Gasteiger partial charge in [0.15, 0.2) is 0 Å². The Kier molecular flexibility index (Phi) is 3.55. The van der Waals surface area contributed by atoms with Crippen molar-refractivity contribution >= 4 is 5.97 Å². The van der Waals surface area contributed by atoms with Crippen LogP contribution in [0.4, 0.5) is 0 Å². The van der Waals surface area contributed by atoms with Gasteiger partial charge in [-0.25, -0.2) is 9.78 Å². The predicted octanol–water partition coefficient (Wildman–Crippen LogP) is 0.426. The maximum Gasteiger partial charge on any atom is 0.354 e. The van der Waals surface area contributed by atoms with E-state index in [2.05, 4.69) is 4.98 Å². The van der Waals surface area contributed by atoms with Gasteiger partial charge in [0.25, 0.3) is 0 Å². The Labute approximate surface area is 81.5 Å². The second-order valence-corrected chi connectivity index (χ2v) is 2.81. The average Bonchev–Trinajstić information content (AvgIpc) is 2.18. The van der Waals surface area contributed by atoms with Crippen molar-refractivity contribution < 1.29 is 14.6 Å². The van der Waals surface area contributed by atoms with Crippen molar-refractivity contribution in [3.8, 4) is 0 Å². The molecule has 1 heterocycles. The Morgan fingerprint density at radius 2 is 2.43 bits per heavy atom. The van der Waals surface area contributed by atoms with E-state index >= 15 is 0 Å². The second kappa shape index (κ2) is 4.69. The summed E-state index contributed by atoms with van der Waals surface area (Å²) in [6, 6.07) is 4.32. The van der Waals surface area contributed by atoms with E-state index in [-0.39, 0.29) is 11.7 Å². The van der Waals surface area contributed by atoms with Crippen LogP contribution in [-0.4, -0.2) is 29.8 Å². The molecule has 0 aliphatic rings. The molecule has 14 heavy (non-hydrogen) atoms. The molecule has 0 radical (unpaired) electrons. The van der Waals surface area contributed by atoms with Crippen LogP contribution in [0.15, 0.2) is 18.2 Å². The van der Waals surface area contributed by atoms with Crippen LogP contribution >= 0.6 is 0 Å². The highest BCUT2D eigenvalue weighted by molar-refractivity contribution is 5.85. The molecule has 3 N–H and O–H groups in total. The first kappa shape index (κ1) is 10.6. The van der Waals surface area contributed by atoms with Gasteiger partial charge < -0.3 is 15.6 Å². The molecule has 1 atom stereocenters. The number of carboxylic acid groups (broad SMARTS) is 1. The summed E-state index contributed by atoms with van der Waals surface area (Å²) in [6.45, 7) is 0.316. The van der Waals surface area contributed by atoms with Crippen molar-refractivity contribution in [3.05, 3.63) is 29.6 Å². The molecule has 0 saturated carbocycles. The van der Waals surface area contributed by atoms with Gasteiger partial charge in [-0.15, -0.1) is 0 Å². The largest absolute Gasteiger partial charge is 0.477 e. The highest BCUT2D eigenvalue weighted by Crippen LogP contribution is 2.08. The minimum Gasteiger partial charge on any atom is -0.477 e. The summed E-state index contributed by atoms with van der Waals surface area (Å²) in [5.74, 6) is -1.06. The Hall–Kier alpha value is -1.46. The van der Waals surface area contributed by atoms with Crippen LogP contribution in [0.5, 0.6) is 0 Å². The molecular formula is C9H12N2O3. The number of nitrogens with zero attached hydrogens (tertiary/aromatic N) is 1. The number of aromatic nitrogens is 1. The quantitative estimate of drug-likeness (QED) is 0.729. The highest BCUT2D eigenvalue weighted by atomic mass is 16.5. The van der Waals surface area contributed by atoms with E-state index < -0.39 is 5.97 Å². The molecule has 0 fully saturated rings. The van der Waals surface area contributed by atoms with Gasteiger partial charge in [-0.1, -0.05) is 6.07 Å². The van der Waals surface area contributed by atoms with E-state index in [9.17, 15) is 4.79 Å². The summed E-state index contributed by atoms with van der Waals surface area (Å²) in [7, 11) is 1.53. The number of methoxy groups -OCH3 is 1. The van der Waals surface area contributed by atoms with Crippen LogP contribution < -0.4 is 5.73 Å². The number of ether oxygens (including phenoxy) is 1. The van der Waals surface area contributed by atoms with Gasteiger partial charge in [0, 0.05) is 7.11 Å². The maximum atomic E-state index is 10.6. The third kappa shape index (κ3) is 2.51. The number of carboxylic acids is 1. The molecule has 0 spiro atoms. The van der Waals surface area contributed by atoms with E-state index in [0.717, 1.165) is 0 Å². The first-order valence-electron chi connectivity index (χ1n) is 4.10. The third-order valence-corrected chi connectivity index (χ3v) is 1.72. The molecule has 0 saturated heterocycles. The summed E-state index contributed by atoms with van der Waals surface area (Å²) >= 11 is 0. The van der Waals surface area contributed by atoms with E-state index in [4.69, 9.17) is 15.6 Å². The molecule has 0 aromatic carbocycles. The number of hydrogen-bond acceptors (Lipinski definition) is 4. The van der Waals surface area contributed by atoms with Gasteiger partial charge in [0.05, 0.1) is 18.3 Å². The fraction of sp³-hybridized carbons (Fsp3) is 0.333. The molecule has 0 aliphatic heterocycles. The van der Waals surface area contributed by atoms with Crippen LogP contribution in [0.1, 0.15) is 22.2 Å². The molecule has 76 valence electrons. The molecule has 1 aromatic rings. The molecule has 1 unspecified atom stereocenters. The lowest BCUT2D eigenvalue weighted by molar-refractivity contribution is 0.0690. The molecule has 0 aliphatic carbocycles. The van der Waals surface area contributed by atoms with Gasteiger partial charge in [-0.3, -0.25) is 0 Å². The van der Waals surface area contributed by atoms with Crippen molar-refractivity contribution in [3.63, 3.8) is 0 Å². The lowest BCUT2D eigenvalue weighted by Gasteiger charge is -2.09. The standard InChI is InChI=1S/C9H12N2O3/c1-14-5-6(10)7-3-2-4-8(11-7)9(12)13/h2-4,6H,5,10H2,1H3,(H,12,13). The Morgan fingerprint density at radius 3 is 3.00 bits per heavy atom. The molecular weight excluding hydrogens is 184 g/mol. The third-order valence-electron chi connectivity index (χ3n) is 1.72. The topological polar surface area (TPSA) is 85.4 Å². The zero-order valence-corrected chi connectivity index (χ0v) is 7.80. The summed E-state index contributed by atoms with van der Waals surface area (Å²) in [5, 5.41) is 8.69. The van der Waals surface area contributed by atoms with Gasteiger partial charge in [0.1, 0.15) is 5.69 Å². The van der Waals surface area contributed by atoms with Crippen molar-refractivity contribution in [1.82, 2.24) is 4.98 Å². The number of rotatable bonds is 4. The number of carbonyl (C=O) groups is 1. The zero-order chi connectivity index (χ0) is 10.6. The van der Waals surface area contributed by atoms with Crippen LogP contribution in [0.2, 0.25) is 0 Å². The molecule has 1 aromatic heterocycles. The highest BCUT2D eigenvalue weighted by Gasteiger charge is 2.10. The van der Waals surface area contributed by atoms with Crippen molar-refractivity contribution in [1.29, 1.82) is 0 Å². The fourth-order valence-electron chi connectivity index (χ4n) is 1.04. The van der Waals surface area contributed by atoms with Crippen molar-refractivity contribution in [2.75, 3.05) is 13.7 Å². The normalized spacial score (nSPS) is 12.4. The summed E-state index contributed by atoms with van der Waals surface area (Å²) < 4.78 is 4.85. The molecule has 1 rings (SSSR count). The minimum atomic E-state index is -1.06. The van der Waals surface area contributed by atoms with E-state index in [1.54, 1.807) is 12.1 Å². The lowest BCUT2D eigenvalue weighted by atomic mass is 10.2. The second-order valence-electron chi connectivity index (χ2n) is 2.81. The zero-order valence-electron chi connectivity index (χ0n) is 7.80. The van der Waals surface area contributed by atoms with Crippen LogP contribution in [-0.2, 0) is 4.74 Å². The lowest BCUT2D eigenvalue weighted by Crippen LogP contribution is -2.18. The Bertz CT molecular complexity index is 328. The minimum absolute atomic E-state index is 0.00551. The Morgan fingerprint density at radius 1 is 1.71 bits per heavy atom. The van der Waals surface area contributed by atoms with Gasteiger partial charge in [-0.2, -0.15) is 0 Å². The summed E-state index contributed by atoms with van der Waals surface area (Å²) in [4.78, 5) is 14.5. The van der Waals surface area contributed by atoms with Crippen LogP contribution in [0.25, 0.3) is 0 Å². The SMILES string of the molecule is COCC(N)c1cccc(C(=O)O)n1. The maximum absolute atomic E-state index is 10.6. The Balaban J connectivity index is 2.87. The van der Waals surface area contributed by atoms with Crippen LogP contribution in [0, 0.1) is 0 Å². The summed E-state index contributed by atoms with van der Waals surface area (Å²) in [6.07, 6.45) is 0. The predicted molar refractivity (Wildman–Crippen MR) is 50.0 cm³/mol. The number of pyridine rings is 1. The fourth-order valence-corrected chi connectivity index (χ4v) is 1.04. The van der Waals surface area contributed by atoms with E-state index in [1.165, 1.54) is 13.2 Å². The van der Waals surface area contributed by atoms with E-state index in [1.807, 2.05) is 0 Å². The van der Waals surface area contributed by atoms with Gasteiger partial charge >= 0.3 is 5.97 Å². The first-order valence-corrected chi connectivity index (χ1v) is 4.10. The molecule has 0 amide bonds. The van der Waals surface area contributed by atoms with E-state index in [0.29, 0.717) is 12.3 Å². The molecule has 5 heteroatoms. The first-order chi connectivity index (χ1) is 6.65. The number of hydrogen-bond donors (Lipinski definition) is 2. The van der Waals surface area contributed by atoms with Crippen LogP contribution in [0.3, 0.4) is 0 Å². The number of nitrogens with two attached hydrogens (primary N) is 1. The monoisotopic (exact) mass is 196 g/mol. The molecule has 0 bridgehead atoms. The van der Waals surface area contributed by atoms with Gasteiger partial charge in [0.2, 0.25) is 0 Å². The summed E-state index contributed by atoms with van der Waals surface area (Å²) in [5.41, 5.74) is 6.21. The number of aromatic carboxylic acids is 1. The van der Waals surface area contributed by atoms with Gasteiger partial charge in [-0.05, 0) is 12.1 Å². The smallest absolute Gasteiger partial charge is 0.354 e. The molecule has 5 nitrogen and oxygen atoms in total.